The lowest BCUT2D eigenvalue weighted by Crippen LogP contribution is -2.28. The quantitative estimate of drug-likeness (QED) is 0.549. The van der Waals surface area contributed by atoms with Gasteiger partial charge in [0.15, 0.2) is 0 Å². The molecule has 3 aromatic rings. The Bertz CT molecular complexity index is 1000. The minimum atomic E-state index is -0.238. The molecule has 0 N–H and O–H groups in total. The molecule has 0 aliphatic carbocycles. The van der Waals surface area contributed by atoms with Crippen LogP contribution in [0.25, 0.3) is 0 Å². The number of methoxy groups -OCH3 is 1. The van der Waals surface area contributed by atoms with Gasteiger partial charge in [-0.25, -0.2) is 4.39 Å². The minimum absolute atomic E-state index is 0.0857. The zero-order chi connectivity index (χ0) is 21.6. The Hall–Kier alpha value is -3.22. The molecule has 2 aromatic carbocycles. The normalized spacial score (nSPS) is 15.9. The number of hydrogen-bond acceptors (Lipinski definition) is 5. The van der Waals surface area contributed by atoms with Crippen molar-refractivity contribution in [2.45, 2.75) is 38.0 Å². The number of likely N-dealkylation sites (tertiary alicyclic amines) is 1. The third kappa shape index (κ3) is 5.48. The van der Waals surface area contributed by atoms with Crippen LogP contribution < -0.4 is 4.74 Å². The first-order valence-corrected chi connectivity index (χ1v) is 10.6. The average molecular weight is 423 g/mol. The Balaban J connectivity index is 1.22. The van der Waals surface area contributed by atoms with Crippen LogP contribution in [0.5, 0.6) is 5.75 Å². The molecule has 0 radical (unpaired) electrons. The van der Waals surface area contributed by atoms with Gasteiger partial charge in [-0.1, -0.05) is 24.3 Å². The van der Waals surface area contributed by atoms with Gasteiger partial charge in [-0.2, -0.15) is 0 Å². The summed E-state index contributed by atoms with van der Waals surface area (Å²) in [6.07, 6.45) is 3.12. The summed E-state index contributed by atoms with van der Waals surface area (Å²) in [5, 5.41) is 8.18. The maximum absolute atomic E-state index is 13.1. The summed E-state index contributed by atoms with van der Waals surface area (Å²) in [4.78, 5) is 14.5. The van der Waals surface area contributed by atoms with E-state index in [4.69, 9.17) is 9.15 Å². The first kappa shape index (κ1) is 21.0. The molecule has 1 saturated heterocycles. The van der Waals surface area contributed by atoms with Crippen molar-refractivity contribution >= 4 is 5.91 Å². The molecular formula is C24H26FN3O3. The lowest BCUT2D eigenvalue weighted by atomic mass is 9.99. The van der Waals surface area contributed by atoms with Gasteiger partial charge in [0.1, 0.15) is 11.6 Å². The van der Waals surface area contributed by atoms with E-state index in [0.29, 0.717) is 37.6 Å². The SMILES string of the molecule is COc1ccc(CCc2nnc(CCC(=O)N3CC[C@H](c4ccc(F)cc4)C3)o2)cc1. The summed E-state index contributed by atoms with van der Waals surface area (Å²) in [6, 6.07) is 14.5. The molecular weight excluding hydrogens is 397 g/mol. The maximum atomic E-state index is 13.1. The van der Waals surface area contributed by atoms with Crippen LogP contribution in [0.2, 0.25) is 0 Å². The summed E-state index contributed by atoms with van der Waals surface area (Å²) < 4.78 is 24.0. The lowest BCUT2D eigenvalue weighted by molar-refractivity contribution is -0.130. The van der Waals surface area contributed by atoms with E-state index >= 15 is 0 Å². The minimum Gasteiger partial charge on any atom is -0.497 e. The number of ether oxygens (including phenoxy) is 1. The molecule has 0 bridgehead atoms. The van der Waals surface area contributed by atoms with E-state index in [1.807, 2.05) is 29.2 Å². The van der Waals surface area contributed by atoms with E-state index in [2.05, 4.69) is 10.2 Å². The highest BCUT2D eigenvalue weighted by atomic mass is 19.1. The second-order valence-corrected chi connectivity index (χ2v) is 7.81. The number of benzene rings is 2. The molecule has 4 rings (SSSR count). The molecule has 1 aliphatic rings. The monoisotopic (exact) mass is 423 g/mol. The molecule has 31 heavy (non-hydrogen) atoms. The van der Waals surface area contributed by atoms with Crippen molar-refractivity contribution in [1.82, 2.24) is 15.1 Å². The fourth-order valence-corrected chi connectivity index (χ4v) is 3.90. The Morgan fingerprint density at radius 2 is 1.77 bits per heavy atom. The summed E-state index contributed by atoms with van der Waals surface area (Å²) in [7, 11) is 1.65. The largest absolute Gasteiger partial charge is 0.497 e. The number of nitrogens with zero attached hydrogens (tertiary/aromatic N) is 3. The van der Waals surface area contributed by atoms with Crippen molar-refractivity contribution in [1.29, 1.82) is 0 Å². The molecule has 0 unspecified atom stereocenters. The van der Waals surface area contributed by atoms with Gasteiger partial charge in [-0.05, 0) is 48.2 Å². The molecule has 7 heteroatoms. The van der Waals surface area contributed by atoms with E-state index in [1.165, 1.54) is 17.7 Å². The number of carbonyl (C=O) groups excluding carboxylic acids is 1. The van der Waals surface area contributed by atoms with Gasteiger partial charge in [0, 0.05) is 38.3 Å². The number of aromatic nitrogens is 2. The molecule has 0 spiro atoms. The second kappa shape index (κ2) is 9.73. The first-order valence-electron chi connectivity index (χ1n) is 10.6. The van der Waals surface area contributed by atoms with Crippen LogP contribution in [-0.4, -0.2) is 41.2 Å². The Labute approximate surface area is 181 Å². The highest BCUT2D eigenvalue weighted by molar-refractivity contribution is 5.76. The third-order valence-corrected chi connectivity index (χ3v) is 5.73. The fraction of sp³-hybridized carbons (Fsp3) is 0.375. The zero-order valence-electron chi connectivity index (χ0n) is 17.6. The van der Waals surface area contributed by atoms with Gasteiger partial charge in [0.05, 0.1) is 7.11 Å². The predicted molar refractivity (Wildman–Crippen MR) is 113 cm³/mol. The number of amides is 1. The van der Waals surface area contributed by atoms with Crippen molar-refractivity contribution < 1.29 is 18.3 Å². The van der Waals surface area contributed by atoms with E-state index in [-0.39, 0.29) is 17.6 Å². The Morgan fingerprint density at radius 3 is 2.48 bits per heavy atom. The van der Waals surface area contributed by atoms with Crippen LogP contribution in [0, 0.1) is 5.82 Å². The maximum Gasteiger partial charge on any atom is 0.223 e. The van der Waals surface area contributed by atoms with Gasteiger partial charge in [-0.15, -0.1) is 10.2 Å². The highest BCUT2D eigenvalue weighted by Crippen LogP contribution is 2.27. The molecule has 6 nitrogen and oxygen atoms in total. The van der Waals surface area contributed by atoms with Crippen LogP contribution >= 0.6 is 0 Å². The van der Waals surface area contributed by atoms with Gasteiger partial charge in [0.2, 0.25) is 17.7 Å². The van der Waals surface area contributed by atoms with E-state index in [9.17, 15) is 9.18 Å². The van der Waals surface area contributed by atoms with Crippen molar-refractivity contribution in [2.24, 2.45) is 0 Å². The molecule has 1 aromatic heterocycles. The number of hydrogen-bond donors (Lipinski definition) is 0. The molecule has 162 valence electrons. The van der Waals surface area contributed by atoms with Gasteiger partial charge < -0.3 is 14.1 Å². The van der Waals surface area contributed by atoms with Crippen LogP contribution in [0.4, 0.5) is 4.39 Å². The smallest absolute Gasteiger partial charge is 0.223 e. The molecule has 1 amide bonds. The highest BCUT2D eigenvalue weighted by Gasteiger charge is 2.27. The number of rotatable bonds is 8. The van der Waals surface area contributed by atoms with Gasteiger partial charge >= 0.3 is 0 Å². The standard InChI is InChI=1S/C24H26FN3O3/c1-30-21-9-2-17(3-10-21)4-11-22-26-27-23(31-22)12-13-24(29)28-15-14-19(16-28)18-5-7-20(25)8-6-18/h2-3,5-10,19H,4,11-16H2,1H3/t19-/m0/s1. The molecule has 1 atom stereocenters. The molecule has 2 heterocycles. The van der Waals surface area contributed by atoms with Gasteiger partial charge in [0.25, 0.3) is 0 Å². The predicted octanol–water partition coefficient (Wildman–Crippen LogP) is 3.95. The van der Waals surface area contributed by atoms with Crippen molar-refractivity contribution in [3.05, 3.63) is 77.3 Å². The topological polar surface area (TPSA) is 68.5 Å². The fourth-order valence-electron chi connectivity index (χ4n) is 3.90. The van der Waals surface area contributed by atoms with E-state index in [1.54, 1.807) is 19.2 Å². The van der Waals surface area contributed by atoms with Gasteiger partial charge in [-0.3, -0.25) is 4.79 Å². The number of aryl methyl sites for hydroxylation is 3. The molecule has 1 fully saturated rings. The van der Waals surface area contributed by atoms with E-state index in [0.717, 1.165) is 30.7 Å². The zero-order valence-corrected chi connectivity index (χ0v) is 17.6. The Kier molecular flexibility index (Phi) is 6.60. The second-order valence-electron chi connectivity index (χ2n) is 7.81. The summed E-state index contributed by atoms with van der Waals surface area (Å²) >= 11 is 0. The van der Waals surface area contributed by atoms with Crippen molar-refractivity contribution in [3.63, 3.8) is 0 Å². The first-order chi connectivity index (χ1) is 15.1. The Morgan fingerprint density at radius 1 is 1.06 bits per heavy atom. The van der Waals surface area contributed by atoms with Crippen LogP contribution in [0.15, 0.2) is 52.9 Å². The van der Waals surface area contributed by atoms with Crippen LogP contribution in [-0.2, 0) is 24.1 Å². The summed E-state index contributed by atoms with van der Waals surface area (Å²) in [5.74, 6) is 2.01. The summed E-state index contributed by atoms with van der Waals surface area (Å²) in [5.41, 5.74) is 2.25. The molecule has 0 saturated carbocycles. The van der Waals surface area contributed by atoms with Crippen molar-refractivity contribution in [3.8, 4) is 5.75 Å². The summed E-state index contributed by atoms with van der Waals surface area (Å²) in [6.45, 7) is 1.39. The lowest BCUT2D eigenvalue weighted by Gasteiger charge is -2.16. The number of carbonyl (C=O) groups is 1. The number of halogens is 1. The van der Waals surface area contributed by atoms with Crippen LogP contribution in [0.3, 0.4) is 0 Å². The molecule has 1 aliphatic heterocycles. The average Bonchev–Trinajstić information content (AvgIpc) is 3.47. The van der Waals surface area contributed by atoms with Crippen LogP contribution in [0.1, 0.15) is 41.7 Å². The van der Waals surface area contributed by atoms with Crippen molar-refractivity contribution in [2.75, 3.05) is 20.2 Å². The van der Waals surface area contributed by atoms with E-state index < -0.39 is 0 Å². The third-order valence-electron chi connectivity index (χ3n) is 5.73.